The second kappa shape index (κ2) is 16.3. The molecule has 0 spiro atoms. The molecule has 5 aromatic carbocycles. The van der Waals surface area contributed by atoms with Gasteiger partial charge in [-0.3, -0.25) is 0 Å². The molecule has 0 saturated carbocycles. The van der Waals surface area contributed by atoms with Gasteiger partial charge in [0.15, 0.2) is 0 Å². The Morgan fingerprint density at radius 2 is 1.38 bits per heavy atom. The van der Waals surface area contributed by atoms with Gasteiger partial charge in [-0.2, -0.15) is 12.1 Å². The first-order chi connectivity index (χ1) is 26.2. The van der Waals surface area contributed by atoms with Crippen molar-refractivity contribution in [3.63, 3.8) is 0 Å². The van der Waals surface area contributed by atoms with Crippen LogP contribution >= 0.6 is 0 Å². The van der Waals surface area contributed by atoms with Crippen LogP contribution in [-0.2, 0) is 33.9 Å². The summed E-state index contributed by atoms with van der Waals surface area (Å²) in [7, 11) is 0. The molecule has 0 radical (unpaired) electrons. The number of para-hydroxylation sites is 1. The number of aromatic nitrogens is 2. The maximum atomic E-state index is 6.50. The van der Waals surface area contributed by atoms with Crippen LogP contribution in [0.15, 0.2) is 128 Å². The standard InChI is InChI=1S/C49H47N4O.Pt/c1-33(2)26-37-13-9-14-38(27-34(3)4)49(37)39-22-23-50-48(29-39)53-46-19-8-7-18-44(46)45-21-20-43(31-47(45)53)54-42-17-11-16-41(30-42)52-25-24-51(32-52)40-15-10-12-36(28-40)35(5)6;/h7-25,28-29,32-35H,26-27H2,1-6H3;/q-3;. The van der Waals surface area contributed by atoms with Crippen molar-refractivity contribution < 1.29 is 25.8 Å². The first kappa shape index (κ1) is 38.2. The normalized spacial score (nSPS) is 12.8. The fourth-order valence-corrected chi connectivity index (χ4v) is 7.57. The van der Waals surface area contributed by atoms with Gasteiger partial charge in [0.2, 0.25) is 0 Å². The molecule has 0 N–H and O–H groups in total. The molecular weight excluding hydrogens is 856 g/mol. The SMILES string of the molecule is CC(C)Cc1cccc(CC(C)C)c1-c1ccnc(-n2c3[c-]c(Oc4[c-]c(N5C=CN(c6cccc(C(C)C)c6)[CH-]5)ccc4)ccc3c3ccccc32)c1.[Pt]. The molecule has 3 heterocycles. The molecule has 55 heavy (non-hydrogen) atoms. The third kappa shape index (κ3) is 8.00. The van der Waals surface area contributed by atoms with Crippen molar-refractivity contribution in [3.05, 3.63) is 163 Å². The third-order valence-electron chi connectivity index (χ3n) is 10.0. The zero-order valence-corrected chi connectivity index (χ0v) is 34.6. The van der Waals surface area contributed by atoms with Crippen molar-refractivity contribution in [3.8, 4) is 28.4 Å². The molecule has 0 saturated heterocycles. The predicted molar refractivity (Wildman–Crippen MR) is 224 cm³/mol. The van der Waals surface area contributed by atoms with E-state index in [4.69, 9.17) is 9.72 Å². The number of nitrogens with zero attached hydrogens (tertiary/aromatic N) is 4. The molecular formula is C49H47N4OPt-3. The van der Waals surface area contributed by atoms with Crippen molar-refractivity contribution in [2.45, 2.75) is 60.3 Å². The van der Waals surface area contributed by atoms with Gasteiger partial charge in [-0.25, -0.2) is 4.98 Å². The number of rotatable bonds is 11. The smallest absolute Gasteiger partial charge is 0.136 e. The van der Waals surface area contributed by atoms with Crippen LogP contribution in [0.3, 0.4) is 0 Å². The predicted octanol–water partition coefficient (Wildman–Crippen LogP) is 12.7. The second-order valence-electron chi connectivity index (χ2n) is 15.5. The molecule has 1 aliphatic rings. The number of benzene rings is 5. The van der Waals surface area contributed by atoms with E-state index in [9.17, 15) is 0 Å². The molecule has 8 rings (SSSR count). The van der Waals surface area contributed by atoms with E-state index in [0.29, 0.717) is 29.3 Å². The Bertz CT molecular complexity index is 2450. The Labute approximate surface area is 340 Å². The maximum Gasteiger partial charge on any atom is 0.136 e. The molecule has 2 aromatic heterocycles. The van der Waals surface area contributed by atoms with E-state index in [0.717, 1.165) is 51.8 Å². The summed E-state index contributed by atoms with van der Waals surface area (Å²) in [5.41, 5.74) is 10.6. The zero-order chi connectivity index (χ0) is 37.3. The summed E-state index contributed by atoms with van der Waals surface area (Å²) in [5.74, 6) is 3.66. The monoisotopic (exact) mass is 902 g/mol. The number of hydrogen-bond donors (Lipinski definition) is 0. The summed E-state index contributed by atoms with van der Waals surface area (Å²) in [6.07, 6.45) is 8.11. The first-order valence-electron chi connectivity index (χ1n) is 19.1. The van der Waals surface area contributed by atoms with Crippen LogP contribution in [0, 0.1) is 30.6 Å². The summed E-state index contributed by atoms with van der Waals surface area (Å²) < 4.78 is 8.73. The van der Waals surface area contributed by atoms with Crippen LogP contribution in [0.5, 0.6) is 11.5 Å². The molecule has 7 aromatic rings. The fourth-order valence-electron chi connectivity index (χ4n) is 7.57. The minimum absolute atomic E-state index is 0. The van der Waals surface area contributed by atoms with E-state index >= 15 is 0 Å². The molecule has 282 valence electrons. The van der Waals surface area contributed by atoms with Crippen LogP contribution < -0.4 is 14.5 Å². The molecule has 0 atom stereocenters. The quantitative estimate of drug-likeness (QED) is 0.121. The van der Waals surface area contributed by atoms with E-state index in [1.54, 1.807) is 0 Å². The molecule has 0 amide bonds. The molecule has 1 aliphatic heterocycles. The molecule has 0 unspecified atom stereocenters. The van der Waals surface area contributed by atoms with Crippen molar-refractivity contribution in [2.24, 2.45) is 11.8 Å². The van der Waals surface area contributed by atoms with Crippen molar-refractivity contribution in [2.75, 3.05) is 9.80 Å². The number of hydrogen-bond acceptors (Lipinski definition) is 4. The van der Waals surface area contributed by atoms with Gasteiger partial charge < -0.3 is 19.1 Å². The summed E-state index contributed by atoms with van der Waals surface area (Å²) in [4.78, 5) is 9.17. The van der Waals surface area contributed by atoms with Crippen molar-refractivity contribution >= 4 is 33.2 Å². The average Bonchev–Trinajstić information content (AvgIpc) is 3.78. The van der Waals surface area contributed by atoms with Gasteiger partial charge >= 0.3 is 0 Å². The largest absolute Gasteiger partial charge is 0.509 e. The average molecular weight is 903 g/mol. The Kier molecular flexibility index (Phi) is 11.3. The van der Waals surface area contributed by atoms with E-state index in [2.05, 4.69) is 166 Å². The van der Waals surface area contributed by atoms with Gasteiger partial charge in [0.25, 0.3) is 0 Å². The summed E-state index contributed by atoms with van der Waals surface area (Å²) in [6.45, 7) is 15.7. The third-order valence-corrected chi connectivity index (χ3v) is 10.0. The number of pyridine rings is 1. The number of anilines is 2. The fraction of sp³-hybridized carbons (Fsp3) is 0.224. The van der Waals surface area contributed by atoms with Crippen molar-refractivity contribution in [1.82, 2.24) is 9.55 Å². The summed E-state index contributed by atoms with van der Waals surface area (Å²) in [6, 6.07) is 45.6. The second-order valence-corrected chi connectivity index (χ2v) is 15.5. The molecule has 5 nitrogen and oxygen atoms in total. The van der Waals surface area contributed by atoms with Gasteiger partial charge in [-0.05, 0) is 107 Å². The van der Waals surface area contributed by atoms with Crippen LogP contribution in [0.1, 0.15) is 64.2 Å². The minimum atomic E-state index is 0. The minimum Gasteiger partial charge on any atom is -0.509 e. The van der Waals surface area contributed by atoms with Gasteiger partial charge in [0.1, 0.15) is 5.82 Å². The van der Waals surface area contributed by atoms with Crippen LogP contribution in [-0.4, -0.2) is 9.55 Å². The number of fused-ring (bicyclic) bond motifs is 3. The Balaban J connectivity index is 0.00000465. The van der Waals surface area contributed by atoms with Gasteiger partial charge in [-0.1, -0.05) is 95.6 Å². The number of ether oxygens (including phenoxy) is 1. The molecule has 0 fully saturated rings. The summed E-state index contributed by atoms with van der Waals surface area (Å²) in [5, 5.41) is 2.25. The van der Waals surface area contributed by atoms with Crippen LogP contribution in [0.25, 0.3) is 38.8 Å². The molecule has 0 aliphatic carbocycles. The van der Waals surface area contributed by atoms with Gasteiger partial charge in [0.05, 0.1) is 0 Å². The van der Waals surface area contributed by atoms with Gasteiger partial charge in [-0.15, -0.1) is 48.1 Å². The zero-order valence-electron chi connectivity index (χ0n) is 32.4. The summed E-state index contributed by atoms with van der Waals surface area (Å²) >= 11 is 0. The van der Waals surface area contributed by atoms with E-state index in [1.807, 2.05) is 36.7 Å². The van der Waals surface area contributed by atoms with Crippen molar-refractivity contribution in [1.29, 1.82) is 0 Å². The van der Waals surface area contributed by atoms with Crippen LogP contribution in [0.2, 0.25) is 0 Å². The van der Waals surface area contributed by atoms with Crippen LogP contribution in [0.4, 0.5) is 11.4 Å². The Morgan fingerprint density at radius 3 is 2.15 bits per heavy atom. The Morgan fingerprint density at radius 1 is 0.673 bits per heavy atom. The van der Waals surface area contributed by atoms with E-state index < -0.39 is 0 Å². The maximum absolute atomic E-state index is 6.50. The first-order valence-corrected chi connectivity index (χ1v) is 19.1. The van der Waals surface area contributed by atoms with E-state index in [1.165, 1.54) is 27.8 Å². The molecule has 0 bridgehead atoms. The van der Waals surface area contributed by atoms with E-state index in [-0.39, 0.29) is 21.1 Å². The van der Waals surface area contributed by atoms with Gasteiger partial charge in [0, 0.05) is 50.0 Å². The Hall–Kier alpha value is -5.12. The topological polar surface area (TPSA) is 33.5 Å². The molecule has 6 heteroatoms.